The molecule has 0 spiro atoms. The van der Waals surface area contributed by atoms with Crippen molar-refractivity contribution in [3.8, 4) is 0 Å². The number of aliphatic hydroxyl groups is 1. The number of aliphatic hydroxyl groups excluding tert-OH is 1. The minimum absolute atomic E-state index is 0.199. The number of carbonyl (C=O) groups excluding carboxylic acids is 1. The third-order valence-corrected chi connectivity index (χ3v) is 3.86. The SMILES string of the molecule is O=C(CO)N1CCC(n2c(=O)[nH]c(=O)c3ccccc32)C1. The first-order chi connectivity index (χ1) is 10.1. The fourth-order valence-electron chi connectivity index (χ4n) is 2.85. The zero-order valence-electron chi connectivity index (χ0n) is 11.3. The van der Waals surface area contributed by atoms with Gasteiger partial charge in [0.2, 0.25) is 5.91 Å². The quantitative estimate of drug-likeness (QED) is 0.776. The number of hydrogen-bond acceptors (Lipinski definition) is 4. The largest absolute Gasteiger partial charge is 0.387 e. The molecule has 110 valence electrons. The van der Waals surface area contributed by atoms with Crippen molar-refractivity contribution in [2.75, 3.05) is 19.7 Å². The lowest BCUT2D eigenvalue weighted by molar-refractivity contribution is -0.133. The topological polar surface area (TPSA) is 95.4 Å². The molecule has 1 amide bonds. The number of hydrogen-bond donors (Lipinski definition) is 2. The predicted molar refractivity (Wildman–Crippen MR) is 76.1 cm³/mol. The first-order valence-corrected chi connectivity index (χ1v) is 6.74. The van der Waals surface area contributed by atoms with Crippen LogP contribution in [0.5, 0.6) is 0 Å². The Morgan fingerprint density at radius 3 is 2.86 bits per heavy atom. The van der Waals surface area contributed by atoms with Crippen molar-refractivity contribution in [3.05, 3.63) is 45.1 Å². The summed E-state index contributed by atoms with van der Waals surface area (Å²) in [7, 11) is 0. The smallest absolute Gasteiger partial charge is 0.329 e. The molecule has 2 aromatic rings. The number of nitrogens with zero attached hydrogens (tertiary/aromatic N) is 2. The van der Waals surface area contributed by atoms with Crippen LogP contribution in [-0.2, 0) is 4.79 Å². The van der Waals surface area contributed by atoms with E-state index in [1.807, 2.05) is 0 Å². The summed E-state index contributed by atoms with van der Waals surface area (Å²) in [5.41, 5.74) is -0.315. The van der Waals surface area contributed by atoms with Crippen molar-refractivity contribution in [3.63, 3.8) is 0 Å². The number of amides is 1. The third-order valence-electron chi connectivity index (χ3n) is 3.86. The second-order valence-corrected chi connectivity index (χ2v) is 5.09. The number of aromatic nitrogens is 2. The highest BCUT2D eigenvalue weighted by atomic mass is 16.3. The third kappa shape index (κ3) is 2.25. The van der Waals surface area contributed by atoms with E-state index in [1.54, 1.807) is 24.3 Å². The molecule has 1 aliphatic rings. The van der Waals surface area contributed by atoms with Gasteiger partial charge in [0.05, 0.1) is 16.9 Å². The lowest BCUT2D eigenvalue weighted by atomic mass is 10.2. The predicted octanol–water partition coefficient (Wildman–Crippen LogP) is -0.544. The van der Waals surface area contributed by atoms with Crippen LogP contribution in [0.4, 0.5) is 0 Å². The molecule has 2 heterocycles. The molecular weight excluding hydrogens is 274 g/mol. The van der Waals surface area contributed by atoms with Gasteiger partial charge in [0, 0.05) is 13.1 Å². The summed E-state index contributed by atoms with van der Waals surface area (Å²) in [4.78, 5) is 39.3. The van der Waals surface area contributed by atoms with Crippen LogP contribution in [0.15, 0.2) is 33.9 Å². The van der Waals surface area contributed by atoms with Crippen LogP contribution in [0.2, 0.25) is 0 Å². The first-order valence-electron chi connectivity index (χ1n) is 6.74. The number of H-pyrrole nitrogens is 1. The molecule has 0 bridgehead atoms. The molecule has 2 N–H and O–H groups in total. The van der Waals surface area contributed by atoms with E-state index < -0.39 is 17.9 Å². The van der Waals surface area contributed by atoms with Gasteiger partial charge in [-0.1, -0.05) is 12.1 Å². The molecule has 3 rings (SSSR count). The number of carbonyl (C=O) groups is 1. The number of rotatable bonds is 2. The minimum Gasteiger partial charge on any atom is -0.387 e. The average molecular weight is 289 g/mol. The molecule has 1 fully saturated rings. The molecule has 0 radical (unpaired) electrons. The Kier molecular flexibility index (Phi) is 3.34. The van der Waals surface area contributed by atoms with Crippen LogP contribution in [0, 0.1) is 0 Å². The molecule has 0 aliphatic carbocycles. The van der Waals surface area contributed by atoms with Gasteiger partial charge >= 0.3 is 5.69 Å². The lowest BCUT2D eigenvalue weighted by Gasteiger charge is -2.18. The van der Waals surface area contributed by atoms with Crippen LogP contribution in [0.25, 0.3) is 10.9 Å². The summed E-state index contributed by atoms with van der Waals surface area (Å²) >= 11 is 0. The van der Waals surface area contributed by atoms with Crippen molar-refractivity contribution in [1.29, 1.82) is 0 Å². The lowest BCUT2D eigenvalue weighted by Crippen LogP contribution is -2.35. The van der Waals surface area contributed by atoms with Crippen molar-refractivity contribution < 1.29 is 9.90 Å². The van der Waals surface area contributed by atoms with E-state index >= 15 is 0 Å². The minimum atomic E-state index is -0.534. The van der Waals surface area contributed by atoms with E-state index in [0.717, 1.165) is 0 Å². The zero-order chi connectivity index (χ0) is 15.0. The van der Waals surface area contributed by atoms with Gasteiger partial charge in [-0.15, -0.1) is 0 Å². The van der Waals surface area contributed by atoms with Crippen LogP contribution in [0.3, 0.4) is 0 Å². The van der Waals surface area contributed by atoms with Crippen LogP contribution < -0.4 is 11.2 Å². The normalized spacial score (nSPS) is 18.3. The Hall–Kier alpha value is -2.41. The Labute approximate surface area is 119 Å². The highest BCUT2D eigenvalue weighted by Gasteiger charge is 2.28. The molecule has 21 heavy (non-hydrogen) atoms. The molecule has 1 saturated heterocycles. The fraction of sp³-hybridized carbons (Fsp3) is 0.357. The molecule has 1 atom stereocenters. The number of aromatic amines is 1. The van der Waals surface area contributed by atoms with Crippen molar-refractivity contribution in [2.24, 2.45) is 0 Å². The summed E-state index contributed by atoms with van der Waals surface area (Å²) in [6.07, 6.45) is 0.613. The van der Waals surface area contributed by atoms with Crippen LogP contribution in [0.1, 0.15) is 12.5 Å². The molecular formula is C14H15N3O4. The summed E-state index contributed by atoms with van der Waals surface area (Å²) in [5, 5.41) is 9.36. The molecule has 7 nitrogen and oxygen atoms in total. The van der Waals surface area contributed by atoms with Crippen molar-refractivity contribution >= 4 is 16.8 Å². The summed E-state index contributed by atoms with van der Waals surface area (Å²) in [5.74, 6) is -0.348. The van der Waals surface area contributed by atoms with Gasteiger partial charge < -0.3 is 10.0 Å². The van der Waals surface area contributed by atoms with Gasteiger partial charge in [0.25, 0.3) is 5.56 Å². The Morgan fingerprint density at radius 2 is 2.10 bits per heavy atom. The maximum atomic E-state index is 12.1. The Morgan fingerprint density at radius 1 is 1.33 bits per heavy atom. The zero-order valence-corrected chi connectivity index (χ0v) is 11.3. The molecule has 1 aliphatic heterocycles. The standard InChI is InChI=1S/C14H15N3O4/c18-8-12(19)16-6-5-9(7-16)17-11-4-2-1-3-10(11)13(20)15-14(17)21/h1-4,9,18H,5-8H2,(H,15,20,21). The van der Waals surface area contributed by atoms with Crippen molar-refractivity contribution in [1.82, 2.24) is 14.5 Å². The van der Waals surface area contributed by atoms with E-state index in [0.29, 0.717) is 30.4 Å². The van der Waals surface area contributed by atoms with Crippen LogP contribution in [-0.4, -0.2) is 45.2 Å². The van der Waals surface area contributed by atoms with Crippen molar-refractivity contribution in [2.45, 2.75) is 12.5 Å². The number of fused-ring (bicyclic) bond motifs is 1. The van der Waals surface area contributed by atoms with Gasteiger partial charge in [-0.25, -0.2) is 4.79 Å². The number of benzene rings is 1. The maximum absolute atomic E-state index is 12.1. The molecule has 0 saturated carbocycles. The summed E-state index contributed by atoms with van der Waals surface area (Å²) < 4.78 is 1.53. The highest BCUT2D eigenvalue weighted by molar-refractivity contribution is 5.79. The monoisotopic (exact) mass is 289 g/mol. The molecule has 7 heteroatoms. The second kappa shape index (κ2) is 5.17. The Bertz CT molecular complexity index is 808. The average Bonchev–Trinajstić information content (AvgIpc) is 2.96. The van der Waals surface area contributed by atoms with Gasteiger partial charge in [0.1, 0.15) is 6.61 Å². The Balaban J connectivity index is 2.08. The van der Waals surface area contributed by atoms with Gasteiger partial charge in [0.15, 0.2) is 0 Å². The molecule has 1 aromatic carbocycles. The van der Waals surface area contributed by atoms with E-state index in [4.69, 9.17) is 5.11 Å². The van der Waals surface area contributed by atoms with Gasteiger partial charge in [-0.3, -0.25) is 19.1 Å². The number of likely N-dealkylation sites (tertiary alicyclic amines) is 1. The van der Waals surface area contributed by atoms with Crippen LogP contribution >= 0.6 is 0 Å². The first kappa shape index (κ1) is 13.6. The van der Waals surface area contributed by atoms with E-state index in [9.17, 15) is 14.4 Å². The number of nitrogens with one attached hydrogen (secondary N) is 1. The summed E-state index contributed by atoms with van der Waals surface area (Å²) in [6.45, 7) is 0.313. The van der Waals surface area contributed by atoms with Gasteiger partial charge in [-0.2, -0.15) is 0 Å². The number of para-hydroxylation sites is 1. The second-order valence-electron chi connectivity index (χ2n) is 5.09. The highest BCUT2D eigenvalue weighted by Crippen LogP contribution is 2.22. The van der Waals surface area contributed by atoms with E-state index in [2.05, 4.69) is 4.98 Å². The molecule has 1 aromatic heterocycles. The van der Waals surface area contributed by atoms with E-state index in [1.165, 1.54) is 9.47 Å². The van der Waals surface area contributed by atoms with E-state index in [-0.39, 0.29) is 11.9 Å². The van der Waals surface area contributed by atoms with Gasteiger partial charge in [-0.05, 0) is 18.6 Å². The summed E-state index contributed by atoms with van der Waals surface area (Å²) in [6, 6.07) is 6.69. The maximum Gasteiger partial charge on any atom is 0.329 e. The fourth-order valence-corrected chi connectivity index (χ4v) is 2.85. The molecule has 1 unspecified atom stereocenters.